The van der Waals surface area contributed by atoms with Crippen LogP contribution in [0.5, 0.6) is 0 Å². The first kappa shape index (κ1) is 27.7. The Morgan fingerprint density at radius 2 is 1.53 bits per heavy atom. The number of hydrogen-bond acceptors (Lipinski definition) is 8. The maximum atomic E-state index is 13.4. The number of esters is 2. The van der Waals surface area contributed by atoms with E-state index in [0.29, 0.717) is 6.08 Å². The van der Waals surface area contributed by atoms with Gasteiger partial charge in [0.1, 0.15) is 12.2 Å². The first-order valence-corrected chi connectivity index (χ1v) is 8.45. The van der Waals surface area contributed by atoms with Crippen LogP contribution in [0.4, 0.5) is 35.1 Å². The summed E-state index contributed by atoms with van der Waals surface area (Å²) in [4.78, 5) is 23.2. The number of ether oxygens (including phenoxy) is 3. The second-order valence-corrected chi connectivity index (χ2v) is 6.56. The van der Waals surface area contributed by atoms with Gasteiger partial charge in [-0.2, -0.15) is 35.1 Å². The predicted molar refractivity (Wildman–Crippen MR) is 76.4 cm³/mol. The summed E-state index contributed by atoms with van der Waals surface area (Å²) in [5.74, 6) is -10.6. The molecular formula is C13H11F8O8S-. The average molecular weight is 479 g/mol. The fourth-order valence-corrected chi connectivity index (χ4v) is 1.69. The van der Waals surface area contributed by atoms with Crippen LogP contribution in [0, 0.1) is 0 Å². The largest absolute Gasteiger partial charge is 0.743 e. The van der Waals surface area contributed by atoms with E-state index in [1.54, 1.807) is 0 Å². The molecule has 1 unspecified atom stereocenters. The van der Waals surface area contributed by atoms with Crippen molar-refractivity contribution in [2.45, 2.75) is 29.8 Å². The first-order chi connectivity index (χ1) is 13.2. The maximum Gasteiger partial charge on any atom is 0.468 e. The highest BCUT2D eigenvalue weighted by molar-refractivity contribution is 7.86. The highest BCUT2D eigenvalue weighted by Crippen LogP contribution is 2.39. The molecule has 1 atom stereocenters. The number of alkyl halides is 8. The molecule has 174 valence electrons. The molecule has 0 aliphatic heterocycles. The van der Waals surface area contributed by atoms with Crippen molar-refractivity contribution in [1.82, 2.24) is 0 Å². The zero-order valence-electron chi connectivity index (χ0n) is 14.3. The van der Waals surface area contributed by atoms with Crippen molar-refractivity contribution < 1.29 is 71.9 Å². The van der Waals surface area contributed by atoms with Gasteiger partial charge in [-0.3, -0.25) is 0 Å². The van der Waals surface area contributed by atoms with Gasteiger partial charge in [0.05, 0.1) is 6.61 Å². The van der Waals surface area contributed by atoms with Crippen LogP contribution in [0.1, 0.15) is 6.42 Å². The van der Waals surface area contributed by atoms with Gasteiger partial charge in [-0.25, -0.2) is 18.0 Å². The lowest BCUT2D eigenvalue weighted by molar-refractivity contribution is -0.356. The number of hydrogen-bond donors (Lipinski definition) is 0. The van der Waals surface area contributed by atoms with Gasteiger partial charge in [0.25, 0.3) is 0 Å². The van der Waals surface area contributed by atoms with Gasteiger partial charge < -0.3 is 18.8 Å². The molecule has 0 radical (unpaired) electrons. The molecule has 0 spiro atoms. The van der Waals surface area contributed by atoms with E-state index in [9.17, 15) is 57.7 Å². The standard InChI is InChI=1S/C13H12F8O8S/c1-3-5-27-9(23)11(13(19,20)21,29-8(22)7(2)12(16,17)18)28-6-4-10(14,15)30(24,25)26/h3H,1-2,4-6H2,(H,24,25,26)/p-1. The first-order valence-electron chi connectivity index (χ1n) is 7.04. The molecule has 17 heteroatoms. The van der Waals surface area contributed by atoms with E-state index in [-0.39, 0.29) is 0 Å². The van der Waals surface area contributed by atoms with E-state index in [4.69, 9.17) is 0 Å². The summed E-state index contributed by atoms with van der Waals surface area (Å²) in [6.07, 6.45) is -13.5. The zero-order chi connectivity index (χ0) is 24.2. The van der Waals surface area contributed by atoms with Crippen molar-refractivity contribution in [2.24, 2.45) is 0 Å². The molecule has 0 aromatic carbocycles. The SMILES string of the molecule is C=CCOC(=O)C(OCCC(F)(F)S(=O)(=O)[O-])(OC(=O)C(=C)C(F)(F)F)C(F)(F)F. The Labute approximate surface area is 162 Å². The number of carbonyl (C=O) groups excluding carboxylic acids is 2. The van der Waals surface area contributed by atoms with Crippen molar-refractivity contribution >= 4 is 22.1 Å². The van der Waals surface area contributed by atoms with Crippen molar-refractivity contribution in [3.05, 3.63) is 24.8 Å². The summed E-state index contributed by atoms with van der Waals surface area (Å²) in [6.45, 7) is 1.95. The Bertz CT molecular complexity index is 786. The molecule has 0 bridgehead atoms. The third kappa shape index (κ3) is 6.63. The molecular weight excluding hydrogens is 468 g/mol. The van der Waals surface area contributed by atoms with Crippen LogP contribution in [0.3, 0.4) is 0 Å². The van der Waals surface area contributed by atoms with Crippen LogP contribution in [-0.2, 0) is 33.9 Å². The minimum atomic E-state index is -6.39. The Hall–Kier alpha value is -2.27. The van der Waals surface area contributed by atoms with Crippen molar-refractivity contribution in [3.8, 4) is 0 Å². The normalized spacial score (nSPS) is 15.1. The van der Waals surface area contributed by atoms with Gasteiger partial charge in [-0.05, 0) is 0 Å². The lowest BCUT2D eigenvalue weighted by Crippen LogP contribution is -2.59. The monoisotopic (exact) mass is 479 g/mol. The quantitative estimate of drug-likeness (QED) is 0.117. The van der Waals surface area contributed by atoms with Crippen LogP contribution < -0.4 is 0 Å². The summed E-state index contributed by atoms with van der Waals surface area (Å²) in [6, 6.07) is 0. The van der Waals surface area contributed by atoms with E-state index in [1.165, 1.54) is 0 Å². The van der Waals surface area contributed by atoms with E-state index < -0.39 is 70.7 Å². The van der Waals surface area contributed by atoms with E-state index >= 15 is 0 Å². The maximum absolute atomic E-state index is 13.4. The summed E-state index contributed by atoms with van der Waals surface area (Å²) in [5, 5.41) is -5.20. The molecule has 0 heterocycles. The van der Waals surface area contributed by atoms with Gasteiger partial charge in [0.15, 0.2) is 10.1 Å². The van der Waals surface area contributed by atoms with Crippen LogP contribution in [0.2, 0.25) is 0 Å². The second-order valence-electron chi connectivity index (χ2n) is 5.06. The Morgan fingerprint density at radius 3 is 1.90 bits per heavy atom. The molecule has 30 heavy (non-hydrogen) atoms. The molecule has 0 amide bonds. The molecule has 0 aromatic heterocycles. The smallest absolute Gasteiger partial charge is 0.468 e. The number of rotatable bonds is 10. The fourth-order valence-electron chi connectivity index (χ4n) is 1.36. The second kappa shape index (κ2) is 9.25. The molecule has 0 aromatic rings. The molecule has 0 aliphatic carbocycles. The van der Waals surface area contributed by atoms with E-state index in [0.717, 1.165) is 0 Å². The molecule has 0 rings (SSSR count). The van der Waals surface area contributed by atoms with Crippen molar-refractivity contribution in [3.63, 3.8) is 0 Å². The van der Waals surface area contributed by atoms with Crippen LogP contribution in [0.15, 0.2) is 24.8 Å². The number of halogens is 8. The molecule has 0 saturated carbocycles. The average Bonchev–Trinajstić information content (AvgIpc) is 2.54. The molecule has 0 saturated heterocycles. The minimum Gasteiger partial charge on any atom is -0.743 e. The zero-order valence-corrected chi connectivity index (χ0v) is 15.1. The van der Waals surface area contributed by atoms with Crippen LogP contribution in [-0.4, -0.2) is 61.5 Å². The highest BCUT2D eigenvalue weighted by atomic mass is 32.2. The third-order valence-corrected chi connectivity index (χ3v) is 3.80. The fraction of sp³-hybridized carbons (Fsp3) is 0.538. The van der Waals surface area contributed by atoms with Gasteiger partial charge in [-0.1, -0.05) is 19.2 Å². The van der Waals surface area contributed by atoms with Crippen molar-refractivity contribution in [2.75, 3.05) is 13.2 Å². The molecule has 0 fully saturated rings. The Morgan fingerprint density at radius 1 is 1.03 bits per heavy atom. The third-order valence-electron chi connectivity index (χ3n) is 2.86. The minimum absolute atomic E-state index is 0.674. The lowest BCUT2D eigenvalue weighted by Gasteiger charge is -2.33. The van der Waals surface area contributed by atoms with Gasteiger partial charge in [0, 0.05) is 6.42 Å². The summed E-state index contributed by atoms with van der Waals surface area (Å²) >= 11 is 0. The molecule has 0 N–H and O–H groups in total. The highest BCUT2D eigenvalue weighted by Gasteiger charge is 2.68. The van der Waals surface area contributed by atoms with Gasteiger partial charge in [0.2, 0.25) is 0 Å². The van der Waals surface area contributed by atoms with Gasteiger partial charge >= 0.3 is 35.3 Å². The van der Waals surface area contributed by atoms with Crippen LogP contribution in [0.25, 0.3) is 0 Å². The van der Waals surface area contributed by atoms with E-state index in [1.807, 2.05) is 0 Å². The van der Waals surface area contributed by atoms with Crippen LogP contribution >= 0.6 is 0 Å². The lowest BCUT2D eigenvalue weighted by atomic mass is 10.2. The summed E-state index contributed by atoms with van der Waals surface area (Å²) < 4.78 is 146. The van der Waals surface area contributed by atoms with E-state index in [2.05, 4.69) is 27.4 Å². The summed E-state index contributed by atoms with van der Waals surface area (Å²) in [7, 11) is -6.39. The molecule has 8 nitrogen and oxygen atoms in total. The molecule has 0 aliphatic rings. The topological polar surface area (TPSA) is 119 Å². The Kier molecular flexibility index (Phi) is 8.55. The Balaban J connectivity index is 6.09. The summed E-state index contributed by atoms with van der Waals surface area (Å²) in [5.41, 5.74) is -2.54. The number of carbonyl (C=O) groups is 2. The van der Waals surface area contributed by atoms with Gasteiger partial charge in [-0.15, -0.1) is 0 Å². The van der Waals surface area contributed by atoms with Crippen molar-refractivity contribution in [1.29, 1.82) is 0 Å². The predicted octanol–water partition coefficient (Wildman–Crippen LogP) is 2.18.